The number of nitrogens with zero attached hydrogens (tertiary/aromatic N) is 3. The summed E-state index contributed by atoms with van der Waals surface area (Å²) < 4.78 is 3.26. The largest absolute Gasteiger partial charge is 0.337 e. The van der Waals surface area contributed by atoms with E-state index in [9.17, 15) is 19.2 Å². The first-order valence-electron chi connectivity index (χ1n) is 10.4. The highest BCUT2D eigenvalue weighted by Crippen LogP contribution is 2.27. The number of thiazole rings is 1. The molecule has 0 aliphatic carbocycles. The van der Waals surface area contributed by atoms with Crippen molar-refractivity contribution in [3.8, 4) is 5.69 Å². The molecular weight excluding hydrogens is 474 g/mol. The molecule has 34 heavy (non-hydrogen) atoms. The van der Waals surface area contributed by atoms with Crippen LogP contribution in [0, 0.1) is 0 Å². The van der Waals surface area contributed by atoms with Gasteiger partial charge in [0.2, 0.25) is 11.8 Å². The third kappa shape index (κ3) is 4.95. The van der Waals surface area contributed by atoms with Crippen molar-refractivity contribution in [3.05, 3.63) is 75.4 Å². The Morgan fingerprint density at radius 3 is 2.26 bits per heavy atom. The highest BCUT2D eigenvalue weighted by atomic mass is 32.2. The lowest BCUT2D eigenvalue weighted by atomic mass is 10.2. The predicted molar refractivity (Wildman–Crippen MR) is 135 cm³/mol. The molecule has 0 unspecified atom stereocenters. The van der Waals surface area contributed by atoms with Crippen LogP contribution in [0.25, 0.3) is 16.0 Å². The molecule has 0 atom stereocenters. The van der Waals surface area contributed by atoms with Crippen molar-refractivity contribution in [1.29, 1.82) is 0 Å². The first kappa shape index (κ1) is 23.5. The number of carbonyl (C=O) groups is 2. The Hall–Kier alpha value is -3.70. The molecule has 174 valence electrons. The first-order valence-corrected chi connectivity index (χ1v) is 12.2. The number of benzene rings is 2. The molecule has 0 bridgehead atoms. The lowest BCUT2D eigenvalue weighted by Gasteiger charge is -2.12. The van der Waals surface area contributed by atoms with Gasteiger partial charge in [-0.15, -0.1) is 11.3 Å². The number of thioether (sulfide) groups is 1. The second kappa shape index (κ2) is 10.1. The summed E-state index contributed by atoms with van der Waals surface area (Å²) in [6.07, 6.45) is 0. The number of nitrogens with one attached hydrogen (secondary N) is 2. The van der Waals surface area contributed by atoms with E-state index in [4.69, 9.17) is 0 Å². The summed E-state index contributed by atoms with van der Waals surface area (Å²) in [5, 5.41) is 5.39. The van der Waals surface area contributed by atoms with Crippen LogP contribution in [-0.2, 0) is 16.1 Å². The first-order chi connectivity index (χ1) is 16.4. The summed E-state index contributed by atoms with van der Waals surface area (Å²) in [6, 6.07) is 15.2. The molecule has 0 aliphatic heterocycles. The molecule has 2 aromatic heterocycles. The zero-order valence-electron chi connectivity index (χ0n) is 18.4. The average Bonchev–Trinajstić information content (AvgIpc) is 3.23. The number of anilines is 2. The van der Waals surface area contributed by atoms with Gasteiger partial charge in [-0.3, -0.25) is 19.0 Å². The third-order valence-corrected chi connectivity index (χ3v) is 6.80. The van der Waals surface area contributed by atoms with Gasteiger partial charge in [0.05, 0.1) is 5.69 Å². The number of para-hydroxylation sites is 1. The van der Waals surface area contributed by atoms with E-state index in [2.05, 4.69) is 15.6 Å². The van der Waals surface area contributed by atoms with Crippen LogP contribution in [0.15, 0.2) is 68.5 Å². The summed E-state index contributed by atoms with van der Waals surface area (Å²) in [5.74, 6) is 0.107. The molecule has 0 spiro atoms. The fourth-order valence-corrected chi connectivity index (χ4v) is 5.30. The van der Waals surface area contributed by atoms with Crippen molar-refractivity contribution in [2.24, 2.45) is 0 Å². The maximum absolute atomic E-state index is 13.4. The summed E-state index contributed by atoms with van der Waals surface area (Å²) in [5.41, 5.74) is 0.608. The summed E-state index contributed by atoms with van der Waals surface area (Å²) in [6.45, 7) is 3.05. The molecule has 0 saturated heterocycles. The number of hydrogen-bond donors (Lipinski definition) is 2. The zero-order chi connectivity index (χ0) is 24.2. The lowest BCUT2D eigenvalue weighted by molar-refractivity contribution is -0.117. The molecule has 2 aromatic carbocycles. The number of hydrogen-bond acceptors (Lipinski definition) is 7. The SMILES string of the molecule is CCSc1nc2c(s1)c(=O)n(-c1ccccc1)c(=O)n2CC(=O)Nc1ccc(NC(C)=O)cc1. The Kier molecular flexibility index (Phi) is 6.94. The second-order valence-corrected chi connectivity index (χ2v) is 9.73. The Morgan fingerprint density at radius 2 is 1.65 bits per heavy atom. The summed E-state index contributed by atoms with van der Waals surface area (Å²) >= 11 is 2.68. The Morgan fingerprint density at radius 1 is 1.00 bits per heavy atom. The van der Waals surface area contributed by atoms with Crippen LogP contribution in [0.4, 0.5) is 11.4 Å². The quantitative estimate of drug-likeness (QED) is 0.380. The normalized spacial score (nSPS) is 10.9. The molecule has 11 heteroatoms. The van der Waals surface area contributed by atoms with Crippen LogP contribution in [0.3, 0.4) is 0 Å². The van der Waals surface area contributed by atoms with Gasteiger partial charge in [0.1, 0.15) is 11.2 Å². The molecule has 9 nitrogen and oxygen atoms in total. The zero-order valence-corrected chi connectivity index (χ0v) is 20.0. The van der Waals surface area contributed by atoms with E-state index in [1.807, 2.05) is 6.92 Å². The maximum Gasteiger partial charge on any atom is 0.337 e. The maximum atomic E-state index is 13.4. The fraction of sp³-hybridized carbons (Fsp3) is 0.174. The second-order valence-electron chi connectivity index (χ2n) is 7.22. The van der Waals surface area contributed by atoms with Gasteiger partial charge in [-0.1, -0.05) is 36.9 Å². The van der Waals surface area contributed by atoms with Gasteiger partial charge in [0.25, 0.3) is 5.56 Å². The van der Waals surface area contributed by atoms with E-state index < -0.39 is 17.2 Å². The van der Waals surface area contributed by atoms with Crippen LogP contribution >= 0.6 is 23.1 Å². The average molecular weight is 496 g/mol. The van der Waals surface area contributed by atoms with Gasteiger partial charge in [-0.05, 0) is 42.2 Å². The van der Waals surface area contributed by atoms with E-state index in [1.165, 1.54) is 34.6 Å². The third-order valence-electron chi connectivity index (χ3n) is 4.74. The van der Waals surface area contributed by atoms with Crippen molar-refractivity contribution in [2.45, 2.75) is 24.7 Å². The highest BCUT2D eigenvalue weighted by molar-refractivity contribution is 8.01. The number of rotatable bonds is 7. The van der Waals surface area contributed by atoms with Crippen molar-refractivity contribution in [1.82, 2.24) is 14.1 Å². The smallest absolute Gasteiger partial charge is 0.326 e. The molecule has 0 aliphatic rings. The molecule has 2 amide bonds. The molecule has 2 heterocycles. The van der Waals surface area contributed by atoms with Crippen molar-refractivity contribution >= 4 is 56.6 Å². The molecule has 0 saturated carbocycles. The minimum atomic E-state index is -0.641. The van der Waals surface area contributed by atoms with E-state index in [-0.39, 0.29) is 18.1 Å². The number of carbonyl (C=O) groups excluding carboxylic acids is 2. The van der Waals surface area contributed by atoms with Crippen LogP contribution in [0.5, 0.6) is 0 Å². The molecule has 2 N–H and O–H groups in total. The van der Waals surface area contributed by atoms with Gasteiger partial charge >= 0.3 is 5.69 Å². The molecule has 4 rings (SSSR count). The van der Waals surface area contributed by atoms with E-state index >= 15 is 0 Å². The standard InChI is InChI=1S/C23H21N5O4S2/c1-3-33-22-26-20-19(34-22)21(31)28(17-7-5-4-6-8-17)23(32)27(20)13-18(30)25-16-11-9-15(10-12-16)24-14(2)29/h4-12H,3,13H2,1-2H3,(H,24,29)(H,25,30). The Labute approximate surface area is 202 Å². The van der Waals surface area contributed by atoms with Crippen LogP contribution in [0.1, 0.15) is 13.8 Å². The minimum Gasteiger partial charge on any atom is -0.326 e. The molecule has 0 fully saturated rings. The minimum absolute atomic E-state index is 0.194. The molecular formula is C23H21N5O4S2. The van der Waals surface area contributed by atoms with Gasteiger partial charge in [0.15, 0.2) is 9.99 Å². The Bertz CT molecular complexity index is 1470. The monoisotopic (exact) mass is 495 g/mol. The van der Waals surface area contributed by atoms with Gasteiger partial charge in [0, 0.05) is 18.3 Å². The van der Waals surface area contributed by atoms with Gasteiger partial charge in [-0.2, -0.15) is 0 Å². The number of fused-ring (bicyclic) bond motifs is 1. The highest BCUT2D eigenvalue weighted by Gasteiger charge is 2.20. The van der Waals surface area contributed by atoms with Gasteiger partial charge in [-0.25, -0.2) is 14.3 Å². The van der Waals surface area contributed by atoms with E-state index in [0.717, 1.165) is 10.3 Å². The van der Waals surface area contributed by atoms with E-state index in [0.29, 0.717) is 26.1 Å². The number of amides is 2. The fourth-order valence-electron chi connectivity index (χ4n) is 3.33. The molecule has 4 aromatic rings. The van der Waals surface area contributed by atoms with E-state index in [1.54, 1.807) is 54.6 Å². The van der Waals surface area contributed by atoms with Gasteiger partial charge < -0.3 is 10.6 Å². The summed E-state index contributed by atoms with van der Waals surface area (Å²) in [4.78, 5) is 55.0. The van der Waals surface area contributed by atoms with Crippen LogP contribution in [-0.4, -0.2) is 31.7 Å². The van der Waals surface area contributed by atoms with Crippen molar-refractivity contribution in [2.75, 3.05) is 16.4 Å². The Balaban J connectivity index is 1.72. The summed E-state index contributed by atoms with van der Waals surface area (Å²) in [7, 11) is 0. The van der Waals surface area contributed by atoms with Crippen molar-refractivity contribution < 1.29 is 9.59 Å². The van der Waals surface area contributed by atoms with Crippen molar-refractivity contribution in [3.63, 3.8) is 0 Å². The van der Waals surface area contributed by atoms with Crippen LogP contribution in [0.2, 0.25) is 0 Å². The topological polar surface area (TPSA) is 115 Å². The lowest BCUT2D eigenvalue weighted by Crippen LogP contribution is -2.40. The predicted octanol–water partition coefficient (Wildman–Crippen LogP) is 3.32. The van der Waals surface area contributed by atoms with Crippen LogP contribution < -0.4 is 21.9 Å². The molecule has 0 radical (unpaired) electrons. The number of aromatic nitrogens is 3.